The van der Waals surface area contributed by atoms with Gasteiger partial charge in [0.15, 0.2) is 5.78 Å². The number of rotatable bonds is 6. The van der Waals surface area contributed by atoms with Gasteiger partial charge in [-0.3, -0.25) is 9.59 Å². The van der Waals surface area contributed by atoms with Gasteiger partial charge in [-0.2, -0.15) is 0 Å². The highest BCUT2D eigenvalue weighted by Crippen LogP contribution is 2.27. The zero-order valence-electron chi connectivity index (χ0n) is 14.9. The maximum absolute atomic E-state index is 12.9. The summed E-state index contributed by atoms with van der Waals surface area (Å²) in [6.07, 6.45) is 2.73. The molecule has 0 saturated heterocycles. The Labute approximate surface area is 157 Å². The van der Waals surface area contributed by atoms with Gasteiger partial charge in [-0.25, -0.2) is 0 Å². The lowest BCUT2D eigenvalue weighted by molar-refractivity contribution is -0.118. The van der Waals surface area contributed by atoms with Gasteiger partial charge in [0.25, 0.3) is 0 Å². The maximum atomic E-state index is 12.9. The summed E-state index contributed by atoms with van der Waals surface area (Å²) in [6, 6.07) is 19.5. The molecule has 0 saturated carbocycles. The number of hydrogen-bond acceptors (Lipinski definition) is 3. The second kappa shape index (κ2) is 8.19. The van der Waals surface area contributed by atoms with Crippen molar-refractivity contribution in [2.24, 2.45) is 0 Å². The van der Waals surface area contributed by atoms with Crippen molar-refractivity contribution >= 4 is 34.2 Å². The number of thioether (sulfide) groups is 1. The SMILES string of the molecule is CSc1ccc2cc(C(=O)c3ccccc3)cc(CCNC(C)=O)c2c1. The quantitative estimate of drug-likeness (QED) is 0.519. The number of nitrogens with one attached hydrogen (secondary N) is 1. The van der Waals surface area contributed by atoms with Crippen LogP contribution >= 0.6 is 11.8 Å². The summed E-state index contributed by atoms with van der Waals surface area (Å²) in [5.41, 5.74) is 2.44. The Hall–Kier alpha value is -2.59. The van der Waals surface area contributed by atoms with Gasteiger partial charge in [-0.05, 0) is 53.3 Å². The second-order valence-corrected chi connectivity index (χ2v) is 7.03. The highest BCUT2D eigenvalue weighted by Gasteiger charge is 2.13. The normalized spacial score (nSPS) is 10.7. The summed E-state index contributed by atoms with van der Waals surface area (Å²) < 4.78 is 0. The summed E-state index contributed by atoms with van der Waals surface area (Å²) in [7, 11) is 0. The maximum Gasteiger partial charge on any atom is 0.216 e. The summed E-state index contributed by atoms with van der Waals surface area (Å²) in [5.74, 6) is -0.0298. The van der Waals surface area contributed by atoms with E-state index >= 15 is 0 Å². The largest absolute Gasteiger partial charge is 0.356 e. The molecule has 0 aliphatic carbocycles. The Bertz CT molecular complexity index is 951. The molecule has 0 unspecified atom stereocenters. The molecule has 1 amide bonds. The van der Waals surface area contributed by atoms with Crippen LogP contribution in [-0.2, 0) is 11.2 Å². The molecule has 0 aliphatic heterocycles. The molecule has 0 aliphatic rings. The molecule has 3 rings (SSSR count). The van der Waals surface area contributed by atoms with Crippen LogP contribution in [0.5, 0.6) is 0 Å². The fourth-order valence-electron chi connectivity index (χ4n) is 3.01. The van der Waals surface area contributed by atoms with E-state index in [1.165, 1.54) is 11.8 Å². The van der Waals surface area contributed by atoms with Crippen LogP contribution in [0.25, 0.3) is 10.8 Å². The molecule has 0 radical (unpaired) electrons. The lowest BCUT2D eigenvalue weighted by atomic mass is 9.95. The van der Waals surface area contributed by atoms with E-state index in [2.05, 4.69) is 23.5 Å². The van der Waals surface area contributed by atoms with E-state index in [1.54, 1.807) is 11.8 Å². The smallest absolute Gasteiger partial charge is 0.216 e. The van der Waals surface area contributed by atoms with Gasteiger partial charge < -0.3 is 5.32 Å². The van der Waals surface area contributed by atoms with Crippen molar-refractivity contribution in [3.63, 3.8) is 0 Å². The third-order valence-electron chi connectivity index (χ3n) is 4.31. The number of ketones is 1. The predicted octanol–water partition coefficient (Wildman–Crippen LogP) is 4.47. The van der Waals surface area contributed by atoms with E-state index in [9.17, 15) is 9.59 Å². The molecule has 0 spiro atoms. The third-order valence-corrected chi connectivity index (χ3v) is 5.04. The van der Waals surface area contributed by atoms with Crippen LogP contribution in [-0.4, -0.2) is 24.5 Å². The Morgan fingerprint density at radius 2 is 1.73 bits per heavy atom. The van der Waals surface area contributed by atoms with Crippen molar-refractivity contribution in [3.8, 4) is 0 Å². The van der Waals surface area contributed by atoms with Gasteiger partial charge in [-0.1, -0.05) is 36.4 Å². The van der Waals surface area contributed by atoms with Crippen LogP contribution < -0.4 is 5.32 Å². The second-order valence-electron chi connectivity index (χ2n) is 6.15. The van der Waals surface area contributed by atoms with Crippen molar-refractivity contribution < 1.29 is 9.59 Å². The molecular weight excluding hydrogens is 342 g/mol. The van der Waals surface area contributed by atoms with E-state index in [0.29, 0.717) is 24.1 Å². The topological polar surface area (TPSA) is 46.2 Å². The van der Waals surface area contributed by atoms with Crippen LogP contribution in [0.15, 0.2) is 65.6 Å². The molecule has 0 aromatic heterocycles. The molecule has 4 heteroatoms. The molecule has 3 aromatic rings. The molecule has 3 nitrogen and oxygen atoms in total. The fraction of sp³-hybridized carbons (Fsp3) is 0.182. The van der Waals surface area contributed by atoms with Crippen molar-refractivity contribution in [2.45, 2.75) is 18.2 Å². The summed E-state index contributed by atoms with van der Waals surface area (Å²) in [4.78, 5) is 25.2. The van der Waals surface area contributed by atoms with Crippen LogP contribution in [0.4, 0.5) is 0 Å². The first-order valence-corrected chi connectivity index (χ1v) is 9.76. The molecule has 26 heavy (non-hydrogen) atoms. The molecule has 1 N–H and O–H groups in total. The van der Waals surface area contributed by atoms with Crippen LogP contribution in [0.1, 0.15) is 28.4 Å². The lowest BCUT2D eigenvalue weighted by Crippen LogP contribution is -2.22. The average Bonchev–Trinajstić information content (AvgIpc) is 2.67. The number of carbonyl (C=O) groups excluding carboxylic acids is 2. The molecule has 132 valence electrons. The van der Waals surface area contributed by atoms with Crippen LogP contribution in [0.3, 0.4) is 0 Å². The van der Waals surface area contributed by atoms with Crippen molar-refractivity contribution in [1.29, 1.82) is 0 Å². The van der Waals surface area contributed by atoms with Crippen LogP contribution in [0, 0.1) is 0 Å². The Balaban J connectivity index is 2.04. The zero-order chi connectivity index (χ0) is 18.5. The van der Waals surface area contributed by atoms with Crippen molar-refractivity contribution in [2.75, 3.05) is 12.8 Å². The minimum atomic E-state index is -0.0457. The standard InChI is InChI=1S/C22H21NO2S/c1-15(24)23-11-10-18-13-19(22(25)16-6-4-3-5-7-16)12-17-8-9-20(26-2)14-21(17)18/h3-9,12-14H,10-11H2,1-2H3,(H,23,24). The van der Waals surface area contributed by atoms with E-state index < -0.39 is 0 Å². The highest BCUT2D eigenvalue weighted by atomic mass is 32.2. The van der Waals surface area contributed by atoms with E-state index in [0.717, 1.165) is 16.3 Å². The van der Waals surface area contributed by atoms with Gasteiger partial charge in [0.1, 0.15) is 0 Å². The predicted molar refractivity (Wildman–Crippen MR) is 108 cm³/mol. The summed E-state index contributed by atoms with van der Waals surface area (Å²) >= 11 is 1.69. The minimum Gasteiger partial charge on any atom is -0.356 e. The Morgan fingerprint density at radius 3 is 2.42 bits per heavy atom. The summed E-state index contributed by atoms with van der Waals surface area (Å²) in [6.45, 7) is 2.07. The monoisotopic (exact) mass is 363 g/mol. The highest BCUT2D eigenvalue weighted by molar-refractivity contribution is 7.98. The zero-order valence-corrected chi connectivity index (χ0v) is 15.7. The van der Waals surface area contributed by atoms with Gasteiger partial charge in [0.05, 0.1) is 0 Å². The number of hydrogen-bond donors (Lipinski definition) is 1. The number of amides is 1. The van der Waals surface area contributed by atoms with Crippen molar-refractivity contribution in [3.05, 3.63) is 77.4 Å². The average molecular weight is 363 g/mol. The number of fused-ring (bicyclic) bond motifs is 1. The van der Waals surface area contributed by atoms with Gasteiger partial charge >= 0.3 is 0 Å². The van der Waals surface area contributed by atoms with E-state index in [4.69, 9.17) is 0 Å². The Kier molecular flexibility index (Phi) is 5.74. The van der Waals surface area contributed by atoms with E-state index in [1.807, 2.05) is 48.7 Å². The molecule has 0 bridgehead atoms. The van der Waals surface area contributed by atoms with Crippen molar-refractivity contribution in [1.82, 2.24) is 5.32 Å². The number of benzene rings is 3. The fourth-order valence-corrected chi connectivity index (χ4v) is 3.45. The van der Waals surface area contributed by atoms with Gasteiger partial charge in [0.2, 0.25) is 5.91 Å². The lowest BCUT2D eigenvalue weighted by Gasteiger charge is -2.12. The third kappa shape index (κ3) is 4.14. The Morgan fingerprint density at radius 1 is 0.962 bits per heavy atom. The summed E-state index contributed by atoms with van der Waals surface area (Å²) in [5, 5.41) is 5.01. The molecule has 0 atom stereocenters. The minimum absolute atomic E-state index is 0.0159. The molecule has 3 aromatic carbocycles. The van der Waals surface area contributed by atoms with Crippen LogP contribution in [0.2, 0.25) is 0 Å². The van der Waals surface area contributed by atoms with E-state index in [-0.39, 0.29) is 11.7 Å². The number of carbonyl (C=O) groups is 2. The first kappa shape index (κ1) is 18.2. The first-order chi connectivity index (χ1) is 12.6. The van der Waals surface area contributed by atoms with Gasteiger partial charge in [0, 0.05) is 29.5 Å². The molecule has 0 fully saturated rings. The molecule has 0 heterocycles. The molecular formula is C22H21NO2S. The first-order valence-electron chi connectivity index (χ1n) is 8.53. The van der Waals surface area contributed by atoms with Gasteiger partial charge in [-0.15, -0.1) is 11.8 Å².